The minimum absolute atomic E-state index is 0.347. The maximum absolute atomic E-state index is 11.8. The molecule has 134 valence electrons. The van der Waals surface area contributed by atoms with Gasteiger partial charge in [0.15, 0.2) is 0 Å². The van der Waals surface area contributed by atoms with Crippen molar-refractivity contribution in [3.63, 3.8) is 0 Å². The van der Waals surface area contributed by atoms with E-state index in [0.29, 0.717) is 21.8 Å². The molecule has 1 N–H and O–H groups in total. The number of nitriles is 1. The predicted molar refractivity (Wildman–Crippen MR) is 104 cm³/mol. The van der Waals surface area contributed by atoms with Gasteiger partial charge in [-0.2, -0.15) is 5.26 Å². The lowest BCUT2D eigenvalue weighted by Gasteiger charge is -2.13. The second-order valence-electron chi connectivity index (χ2n) is 5.64. The molecule has 3 rings (SSSR count). The third-order valence-corrected chi connectivity index (χ3v) is 5.17. The van der Waals surface area contributed by atoms with Gasteiger partial charge in [0.25, 0.3) is 0 Å². The summed E-state index contributed by atoms with van der Waals surface area (Å²) in [5, 5.41) is 18.6. The molecule has 1 unspecified atom stereocenters. The van der Waals surface area contributed by atoms with E-state index in [1.54, 1.807) is 43.5 Å². The molecular formula is C21H16N2O3S. The van der Waals surface area contributed by atoms with Crippen LogP contribution in [0, 0.1) is 11.3 Å². The molecule has 0 aliphatic rings. The molecule has 0 bridgehead atoms. The first-order valence-electron chi connectivity index (χ1n) is 8.12. The summed E-state index contributed by atoms with van der Waals surface area (Å²) >= 11 is 1.06. The topological polar surface area (TPSA) is 83.2 Å². The van der Waals surface area contributed by atoms with Gasteiger partial charge < -0.3 is 9.84 Å². The fourth-order valence-electron chi connectivity index (χ4n) is 2.54. The molecule has 0 fully saturated rings. The zero-order valence-corrected chi connectivity index (χ0v) is 15.3. The van der Waals surface area contributed by atoms with Crippen LogP contribution in [-0.4, -0.2) is 23.2 Å². The number of aliphatic carboxylic acids is 1. The molecule has 0 aliphatic carbocycles. The highest BCUT2D eigenvalue weighted by Crippen LogP contribution is 2.37. The minimum atomic E-state index is -0.980. The highest BCUT2D eigenvalue weighted by Gasteiger charge is 2.23. The maximum atomic E-state index is 11.8. The van der Waals surface area contributed by atoms with Gasteiger partial charge in [-0.3, -0.25) is 4.79 Å². The molecule has 0 radical (unpaired) electrons. The number of methoxy groups -OCH3 is 1. The fraction of sp³-hybridized carbons (Fsp3) is 0.0952. The summed E-state index contributed by atoms with van der Waals surface area (Å²) in [6.07, 6.45) is 0. The molecule has 0 saturated heterocycles. The molecule has 6 heteroatoms. The Bertz CT molecular complexity index is 983. The Hall–Kier alpha value is -3.30. The number of carboxylic acid groups (broad SMARTS) is 1. The highest BCUT2D eigenvalue weighted by molar-refractivity contribution is 8.00. The van der Waals surface area contributed by atoms with E-state index in [4.69, 9.17) is 4.74 Å². The summed E-state index contributed by atoms with van der Waals surface area (Å²) in [6, 6.07) is 21.8. The van der Waals surface area contributed by atoms with Gasteiger partial charge in [0.05, 0.1) is 18.4 Å². The Morgan fingerprint density at radius 3 is 2.41 bits per heavy atom. The number of thioether (sulfide) groups is 1. The van der Waals surface area contributed by atoms with Crippen molar-refractivity contribution in [3.05, 3.63) is 77.9 Å². The molecule has 0 spiro atoms. The predicted octanol–water partition coefficient (Wildman–Crippen LogP) is 4.55. The molecule has 1 atom stereocenters. The first-order valence-corrected chi connectivity index (χ1v) is 9.00. The lowest BCUT2D eigenvalue weighted by atomic mass is 10.1. The van der Waals surface area contributed by atoms with E-state index in [0.717, 1.165) is 23.1 Å². The van der Waals surface area contributed by atoms with Crippen LogP contribution in [0.25, 0.3) is 11.3 Å². The van der Waals surface area contributed by atoms with Gasteiger partial charge in [-0.05, 0) is 42.0 Å². The Morgan fingerprint density at radius 1 is 1.11 bits per heavy atom. The van der Waals surface area contributed by atoms with Crippen molar-refractivity contribution in [3.8, 4) is 23.1 Å². The third-order valence-electron chi connectivity index (χ3n) is 3.92. The van der Waals surface area contributed by atoms with Gasteiger partial charge >= 0.3 is 5.97 Å². The Kier molecular flexibility index (Phi) is 5.74. The van der Waals surface area contributed by atoms with Crippen LogP contribution in [-0.2, 0) is 4.79 Å². The second kappa shape index (κ2) is 8.39. The van der Waals surface area contributed by atoms with Crippen LogP contribution in [0.5, 0.6) is 5.75 Å². The molecule has 3 aromatic rings. The van der Waals surface area contributed by atoms with Crippen molar-refractivity contribution in [2.45, 2.75) is 10.3 Å². The molecule has 0 saturated carbocycles. The van der Waals surface area contributed by atoms with Crippen LogP contribution in [0.4, 0.5) is 0 Å². The lowest BCUT2D eigenvalue weighted by molar-refractivity contribution is -0.136. The summed E-state index contributed by atoms with van der Waals surface area (Å²) < 4.78 is 5.16. The van der Waals surface area contributed by atoms with Crippen molar-refractivity contribution in [2.24, 2.45) is 0 Å². The van der Waals surface area contributed by atoms with Gasteiger partial charge in [-0.25, -0.2) is 4.98 Å². The van der Waals surface area contributed by atoms with Crippen LogP contribution in [0.15, 0.2) is 71.8 Å². The number of rotatable bonds is 6. The van der Waals surface area contributed by atoms with Crippen molar-refractivity contribution in [1.82, 2.24) is 4.98 Å². The maximum Gasteiger partial charge on any atom is 0.321 e. The normalized spacial score (nSPS) is 11.4. The van der Waals surface area contributed by atoms with E-state index in [1.807, 2.05) is 30.3 Å². The summed E-state index contributed by atoms with van der Waals surface area (Å²) in [4.78, 5) is 16.3. The molecule has 0 aliphatic heterocycles. The van der Waals surface area contributed by atoms with Crippen molar-refractivity contribution < 1.29 is 14.6 Å². The Balaban J connectivity index is 1.98. The summed E-state index contributed by atoms with van der Waals surface area (Å²) in [5.41, 5.74) is 2.51. The van der Waals surface area contributed by atoms with Crippen LogP contribution < -0.4 is 4.74 Å². The SMILES string of the molecule is COc1ccc(-c2ccc(C#N)c(SC(C(=O)O)c3ccccc3)n2)cc1. The standard InChI is InChI=1S/C21H16N2O3S/c1-26-17-10-7-14(8-11-17)18-12-9-16(13-22)20(23-18)27-19(21(24)25)15-5-3-2-4-6-15/h2-12,19H,1H3,(H,24,25). The van der Waals surface area contributed by atoms with Gasteiger partial charge in [-0.15, -0.1) is 0 Å². The molecular weight excluding hydrogens is 360 g/mol. The molecule has 2 aromatic carbocycles. The zero-order chi connectivity index (χ0) is 19.2. The Labute approximate surface area is 161 Å². The highest BCUT2D eigenvalue weighted by atomic mass is 32.2. The largest absolute Gasteiger partial charge is 0.497 e. The average Bonchev–Trinajstić information content (AvgIpc) is 2.72. The monoisotopic (exact) mass is 376 g/mol. The van der Waals surface area contributed by atoms with E-state index >= 15 is 0 Å². The molecule has 1 heterocycles. The third kappa shape index (κ3) is 4.27. The first-order chi connectivity index (χ1) is 13.1. The second-order valence-corrected chi connectivity index (χ2v) is 6.73. The van der Waals surface area contributed by atoms with Crippen molar-refractivity contribution in [1.29, 1.82) is 5.26 Å². The number of aromatic nitrogens is 1. The van der Waals surface area contributed by atoms with Gasteiger partial charge in [0, 0.05) is 5.56 Å². The van der Waals surface area contributed by atoms with Crippen LogP contribution >= 0.6 is 11.8 Å². The first kappa shape index (κ1) is 18.5. The van der Waals surface area contributed by atoms with E-state index in [2.05, 4.69) is 11.1 Å². The molecule has 1 aromatic heterocycles. The fourth-order valence-corrected chi connectivity index (χ4v) is 3.55. The summed E-state index contributed by atoms with van der Waals surface area (Å²) in [6.45, 7) is 0. The van der Waals surface area contributed by atoms with E-state index in [9.17, 15) is 15.2 Å². The van der Waals surface area contributed by atoms with E-state index in [-0.39, 0.29) is 0 Å². The van der Waals surface area contributed by atoms with E-state index < -0.39 is 11.2 Å². The van der Waals surface area contributed by atoms with Gasteiger partial charge in [0.1, 0.15) is 22.1 Å². The van der Waals surface area contributed by atoms with E-state index in [1.165, 1.54) is 0 Å². The number of benzene rings is 2. The number of pyridine rings is 1. The summed E-state index contributed by atoms with van der Waals surface area (Å²) in [5.74, 6) is -0.247. The minimum Gasteiger partial charge on any atom is -0.497 e. The average molecular weight is 376 g/mol. The van der Waals surface area contributed by atoms with Crippen molar-refractivity contribution >= 4 is 17.7 Å². The van der Waals surface area contributed by atoms with Crippen LogP contribution in [0.3, 0.4) is 0 Å². The number of ether oxygens (including phenoxy) is 1. The van der Waals surface area contributed by atoms with Crippen LogP contribution in [0.1, 0.15) is 16.4 Å². The molecule has 27 heavy (non-hydrogen) atoms. The van der Waals surface area contributed by atoms with Gasteiger partial charge in [-0.1, -0.05) is 42.1 Å². The molecule has 0 amide bonds. The van der Waals surface area contributed by atoms with Crippen LogP contribution in [0.2, 0.25) is 0 Å². The van der Waals surface area contributed by atoms with Crippen molar-refractivity contribution in [2.75, 3.05) is 7.11 Å². The summed E-state index contributed by atoms with van der Waals surface area (Å²) in [7, 11) is 1.60. The Morgan fingerprint density at radius 2 is 1.81 bits per heavy atom. The number of hydrogen-bond donors (Lipinski definition) is 1. The molecule has 5 nitrogen and oxygen atoms in total. The van der Waals surface area contributed by atoms with Gasteiger partial charge in [0.2, 0.25) is 0 Å². The number of nitrogens with zero attached hydrogens (tertiary/aromatic N) is 2. The smallest absolute Gasteiger partial charge is 0.321 e. The number of carbonyl (C=O) groups is 1. The number of hydrogen-bond acceptors (Lipinski definition) is 5. The number of carboxylic acids is 1. The quantitative estimate of drug-likeness (QED) is 0.636. The lowest BCUT2D eigenvalue weighted by Crippen LogP contribution is -2.08. The zero-order valence-electron chi connectivity index (χ0n) is 14.5.